The summed E-state index contributed by atoms with van der Waals surface area (Å²) in [6, 6.07) is 11.6. The van der Waals surface area contributed by atoms with Gasteiger partial charge in [0.2, 0.25) is 0 Å². The maximum atomic E-state index is 3.30. The van der Waals surface area contributed by atoms with Gasteiger partial charge in [-0.25, -0.2) is 0 Å². The molecular weight excluding hydrogens is 144 g/mol. The van der Waals surface area contributed by atoms with Crippen molar-refractivity contribution in [1.29, 1.82) is 0 Å². The Morgan fingerprint density at radius 2 is 2.17 bits per heavy atom. The molecule has 0 nitrogen and oxygen atoms in total. The Hall–Kier alpha value is -0.780. The van der Waals surface area contributed by atoms with Gasteiger partial charge >= 0.3 is 0 Å². The van der Waals surface area contributed by atoms with Gasteiger partial charge in [-0.05, 0) is 30.4 Å². The van der Waals surface area contributed by atoms with Crippen molar-refractivity contribution >= 4 is 0 Å². The summed E-state index contributed by atoms with van der Waals surface area (Å²) >= 11 is 0. The topological polar surface area (TPSA) is 0 Å². The maximum Gasteiger partial charge on any atom is -0.0146 e. The number of rotatable bonds is 4. The molecule has 0 heterocycles. The van der Waals surface area contributed by atoms with E-state index in [2.05, 4.69) is 32.0 Å². The molecule has 0 aliphatic carbocycles. The van der Waals surface area contributed by atoms with Crippen molar-refractivity contribution in [1.82, 2.24) is 0 Å². The van der Waals surface area contributed by atoms with Gasteiger partial charge in [-0.2, -0.15) is 0 Å². The van der Waals surface area contributed by atoms with Crippen LogP contribution in [0.2, 0.25) is 0 Å². The third kappa shape index (κ3) is 2.37. The first kappa shape index (κ1) is 9.31. The molecule has 0 spiro atoms. The SMILES string of the molecule is CCCC(CC)c1[c]cccc1. The van der Waals surface area contributed by atoms with Crippen LogP contribution in [-0.2, 0) is 0 Å². The lowest BCUT2D eigenvalue weighted by molar-refractivity contribution is 0.595. The van der Waals surface area contributed by atoms with Gasteiger partial charge in [0, 0.05) is 0 Å². The summed E-state index contributed by atoms with van der Waals surface area (Å²) in [4.78, 5) is 0. The molecule has 0 aliphatic rings. The Labute approximate surface area is 75.6 Å². The third-order valence-corrected chi connectivity index (χ3v) is 2.30. The Bertz CT molecular complexity index is 201. The fourth-order valence-corrected chi connectivity index (χ4v) is 1.59. The van der Waals surface area contributed by atoms with Crippen molar-refractivity contribution in [3.8, 4) is 0 Å². The second-order valence-electron chi connectivity index (χ2n) is 3.21. The molecule has 1 aromatic rings. The van der Waals surface area contributed by atoms with Gasteiger partial charge in [-0.3, -0.25) is 0 Å². The van der Waals surface area contributed by atoms with Crippen LogP contribution < -0.4 is 0 Å². The Balaban J connectivity index is 2.66. The average molecular weight is 161 g/mol. The molecule has 0 aliphatic heterocycles. The molecule has 0 saturated heterocycles. The van der Waals surface area contributed by atoms with E-state index in [4.69, 9.17) is 0 Å². The summed E-state index contributed by atoms with van der Waals surface area (Å²) in [5.41, 5.74) is 1.38. The normalized spacial score (nSPS) is 12.8. The first-order valence-corrected chi connectivity index (χ1v) is 4.85. The first-order chi connectivity index (χ1) is 5.88. The minimum atomic E-state index is 0.719. The highest BCUT2D eigenvalue weighted by Crippen LogP contribution is 2.23. The molecule has 12 heavy (non-hydrogen) atoms. The van der Waals surface area contributed by atoms with Crippen molar-refractivity contribution in [3.05, 3.63) is 35.9 Å². The van der Waals surface area contributed by atoms with Crippen LogP contribution in [0.3, 0.4) is 0 Å². The van der Waals surface area contributed by atoms with E-state index in [9.17, 15) is 0 Å². The maximum absolute atomic E-state index is 3.30. The van der Waals surface area contributed by atoms with Crippen molar-refractivity contribution in [3.63, 3.8) is 0 Å². The molecule has 0 fully saturated rings. The molecule has 0 amide bonds. The van der Waals surface area contributed by atoms with Crippen molar-refractivity contribution in [2.24, 2.45) is 0 Å². The number of hydrogen-bond donors (Lipinski definition) is 0. The fraction of sp³-hybridized carbons (Fsp3) is 0.500. The van der Waals surface area contributed by atoms with Gasteiger partial charge < -0.3 is 0 Å². The first-order valence-electron chi connectivity index (χ1n) is 4.85. The highest BCUT2D eigenvalue weighted by Gasteiger charge is 2.06. The van der Waals surface area contributed by atoms with E-state index in [-0.39, 0.29) is 0 Å². The van der Waals surface area contributed by atoms with Gasteiger partial charge in [0.25, 0.3) is 0 Å². The lowest BCUT2D eigenvalue weighted by atomic mass is 9.92. The minimum absolute atomic E-state index is 0.719. The number of benzene rings is 1. The zero-order chi connectivity index (χ0) is 8.81. The molecular formula is C12H17. The van der Waals surface area contributed by atoms with Crippen molar-refractivity contribution in [2.75, 3.05) is 0 Å². The van der Waals surface area contributed by atoms with E-state index in [1.165, 1.54) is 24.8 Å². The molecule has 0 heteroatoms. The molecule has 0 aromatic heterocycles. The van der Waals surface area contributed by atoms with Gasteiger partial charge in [0.15, 0.2) is 0 Å². The van der Waals surface area contributed by atoms with Crippen LogP contribution in [0.15, 0.2) is 24.3 Å². The summed E-state index contributed by atoms with van der Waals surface area (Å²) in [6.45, 7) is 4.49. The summed E-state index contributed by atoms with van der Waals surface area (Å²) in [7, 11) is 0. The van der Waals surface area contributed by atoms with Crippen LogP contribution in [0.25, 0.3) is 0 Å². The average Bonchev–Trinajstić information content (AvgIpc) is 2.15. The van der Waals surface area contributed by atoms with Crippen LogP contribution in [-0.4, -0.2) is 0 Å². The van der Waals surface area contributed by atoms with Gasteiger partial charge in [0.1, 0.15) is 0 Å². The quantitative estimate of drug-likeness (QED) is 0.630. The lowest BCUT2D eigenvalue weighted by Gasteiger charge is -2.12. The van der Waals surface area contributed by atoms with E-state index in [1.807, 2.05) is 12.1 Å². The smallest absolute Gasteiger partial charge is 0.0146 e. The lowest BCUT2D eigenvalue weighted by Crippen LogP contribution is -1.95. The summed E-state index contributed by atoms with van der Waals surface area (Å²) in [5.74, 6) is 0.719. The predicted octanol–water partition coefficient (Wildman–Crippen LogP) is 3.78. The fourth-order valence-electron chi connectivity index (χ4n) is 1.59. The van der Waals surface area contributed by atoms with E-state index >= 15 is 0 Å². The van der Waals surface area contributed by atoms with Crippen molar-refractivity contribution < 1.29 is 0 Å². The zero-order valence-corrected chi connectivity index (χ0v) is 8.01. The largest absolute Gasteiger partial charge is 0.0654 e. The summed E-state index contributed by atoms with van der Waals surface area (Å²) < 4.78 is 0. The monoisotopic (exact) mass is 161 g/mol. The molecule has 1 unspecified atom stereocenters. The molecule has 0 bridgehead atoms. The molecule has 1 rings (SSSR count). The predicted molar refractivity (Wildman–Crippen MR) is 53.2 cm³/mol. The van der Waals surface area contributed by atoms with Gasteiger partial charge in [-0.15, -0.1) is 0 Å². The van der Waals surface area contributed by atoms with Crippen LogP contribution in [0.5, 0.6) is 0 Å². The standard InChI is InChI=1S/C12H17/c1-3-8-11(4-2)12-9-6-5-7-10-12/h5-7,9,11H,3-4,8H2,1-2H3. The van der Waals surface area contributed by atoms with E-state index in [0.29, 0.717) is 0 Å². The Morgan fingerprint density at radius 3 is 2.67 bits per heavy atom. The Morgan fingerprint density at radius 1 is 1.33 bits per heavy atom. The van der Waals surface area contributed by atoms with E-state index in [1.54, 1.807) is 0 Å². The molecule has 0 N–H and O–H groups in total. The molecule has 1 aromatic carbocycles. The molecule has 65 valence electrons. The Kier molecular flexibility index (Phi) is 3.86. The molecule has 1 atom stereocenters. The molecule has 1 radical (unpaired) electrons. The highest BCUT2D eigenvalue weighted by atomic mass is 14.1. The highest BCUT2D eigenvalue weighted by molar-refractivity contribution is 5.17. The van der Waals surface area contributed by atoms with Crippen LogP contribution in [0.4, 0.5) is 0 Å². The summed E-state index contributed by atoms with van der Waals surface area (Å²) in [5, 5.41) is 0. The van der Waals surface area contributed by atoms with Crippen LogP contribution >= 0.6 is 0 Å². The van der Waals surface area contributed by atoms with E-state index < -0.39 is 0 Å². The third-order valence-electron chi connectivity index (χ3n) is 2.30. The molecule has 0 saturated carbocycles. The van der Waals surface area contributed by atoms with Crippen LogP contribution in [0, 0.1) is 6.07 Å². The number of hydrogen-bond acceptors (Lipinski definition) is 0. The second kappa shape index (κ2) is 4.97. The van der Waals surface area contributed by atoms with Gasteiger partial charge in [0.05, 0.1) is 0 Å². The second-order valence-corrected chi connectivity index (χ2v) is 3.21. The zero-order valence-electron chi connectivity index (χ0n) is 8.01. The van der Waals surface area contributed by atoms with Gasteiger partial charge in [-0.1, -0.05) is 44.5 Å². The summed E-state index contributed by atoms with van der Waals surface area (Å²) in [6.07, 6.45) is 3.78. The van der Waals surface area contributed by atoms with Crippen LogP contribution in [0.1, 0.15) is 44.6 Å². The van der Waals surface area contributed by atoms with Crippen molar-refractivity contribution in [2.45, 2.75) is 39.0 Å². The van der Waals surface area contributed by atoms with E-state index in [0.717, 1.165) is 5.92 Å². The minimum Gasteiger partial charge on any atom is -0.0654 e.